The van der Waals surface area contributed by atoms with E-state index in [1.165, 1.54) is 21.7 Å². The van der Waals surface area contributed by atoms with Crippen molar-refractivity contribution in [3.8, 4) is 0 Å². The van der Waals surface area contributed by atoms with Gasteiger partial charge in [0.25, 0.3) is 5.56 Å². The van der Waals surface area contributed by atoms with Crippen LogP contribution in [0, 0.1) is 17.3 Å². The Labute approximate surface area is 150 Å². The van der Waals surface area contributed by atoms with Crippen LogP contribution in [0.25, 0.3) is 0 Å². The molecule has 2 amide bonds. The van der Waals surface area contributed by atoms with Gasteiger partial charge in [0, 0.05) is 38.4 Å². The number of carbonyl (C=O) groups excluding carboxylic acids is 2. The fourth-order valence-electron chi connectivity index (χ4n) is 4.10. The smallest absolute Gasteiger partial charge is 0.314 e. The summed E-state index contributed by atoms with van der Waals surface area (Å²) in [6.45, 7) is 0.754. The van der Waals surface area contributed by atoms with Crippen LogP contribution in [0.1, 0.15) is 12.8 Å². The maximum atomic E-state index is 12.7. The van der Waals surface area contributed by atoms with Gasteiger partial charge in [0.05, 0.1) is 5.92 Å². The molecule has 3 fully saturated rings. The number of carboxylic acids is 1. The van der Waals surface area contributed by atoms with Crippen LogP contribution in [0.5, 0.6) is 0 Å². The molecular formula is C18H21N3O5. The number of aliphatic carboxylic acids is 1. The Balaban J connectivity index is 1.51. The number of carboxylic acid groups (broad SMARTS) is 1. The lowest BCUT2D eigenvalue weighted by Gasteiger charge is -2.25. The van der Waals surface area contributed by atoms with E-state index in [1.807, 2.05) is 0 Å². The summed E-state index contributed by atoms with van der Waals surface area (Å²) in [6, 6.07) is 4.62. The molecule has 3 heterocycles. The van der Waals surface area contributed by atoms with E-state index in [4.69, 9.17) is 0 Å². The highest BCUT2D eigenvalue weighted by molar-refractivity contribution is 5.94. The van der Waals surface area contributed by atoms with Crippen molar-refractivity contribution >= 4 is 17.8 Å². The number of hydrogen-bond acceptors (Lipinski definition) is 4. The minimum absolute atomic E-state index is 0.0142. The van der Waals surface area contributed by atoms with E-state index in [0.29, 0.717) is 12.5 Å². The Morgan fingerprint density at radius 1 is 1.19 bits per heavy atom. The molecule has 1 aromatic heterocycles. The van der Waals surface area contributed by atoms with E-state index in [2.05, 4.69) is 0 Å². The van der Waals surface area contributed by atoms with E-state index in [-0.39, 0.29) is 43.6 Å². The van der Waals surface area contributed by atoms with Crippen molar-refractivity contribution in [3.05, 3.63) is 34.7 Å². The van der Waals surface area contributed by atoms with Crippen molar-refractivity contribution < 1.29 is 19.5 Å². The van der Waals surface area contributed by atoms with Crippen LogP contribution < -0.4 is 5.56 Å². The maximum Gasteiger partial charge on any atom is 0.314 e. The van der Waals surface area contributed by atoms with Gasteiger partial charge in [0.15, 0.2) is 0 Å². The van der Waals surface area contributed by atoms with Crippen LogP contribution in [-0.2, 0) is 20.9 Å². The van der Waals surface area contributed by atoms with E-state index >= 15 is 0 Å². The van der Waals surface area contributed by atoms with E-state index in [9.17, 15) is 24.3 Å². The zero-order valence-corrected chi connectivity index (χ0v) is 14.3. The molecule has 0 radical (unpaired) electrons. The number of carbonyl (C=O) groups is 3. The fourth-order valence-corrected chi connectivity index (χ4v) is 4.10. The lowest BCUT2D eigenvalue weighted by atomic mass is 9.81. The van der Waals surface area contributed by atoms with Crippen LogP contribution in [0.15, 0.2) is 29.2 Å². The first-order valence-electron chi connectivity index (χ1n) is 8.86. The molecule has 1 N–H and O–H groups in total. The Hall–Kier alpha value is -2.64. The second kappa shape index (κ2) is 5.96. The summed E-state index contributed by atoms with van der Waals surface area (Å²) in [4.78, 5) is 52.2. The molecule has 4 rings (SSSR count). The van der Waals surface area contributed by atoms with Crippen molar-refractivity contribution in [2.75, 3.05) is 26.2 Å². The van der Waals surface area contributed by atoms with Crippen molar-refractivity contribution in [3.63, 3.8) is 0 Å². The molecule has 2 aliphatic heterocycles. The number of aromatic nitrogens is 1. The first-order chi connectivity index (χ1) is 12.4. The molecule has 26 heavy (non-hydrogen) atoms. The van der Waals surface area contributed by atoms with Crippen LogP contribution in [-0.4, -0.2) is 63.4 Å². The Bertz CT molecular complexity index is 830. The van der Waals surface area contributed by atoms with Gasteiger partial charge in [0.1, 0.15) is 12.0 Å². The summed E-state index contributed by atoms with van der Waals surface area (Å²) >= 11 is 0. The van der Waals surface area contributed by atoms with Crippen LogP contribution >= 0.6 is 0 Å². The number of rotatable bonds is 5. The van der Waals surface area contributed by atoms with Gasteiger partial charge >= 0.3 is 5.97 Å². The van der Waals surface area contributed by atoms with Gasteiger partial charge in [-0.3, -0.25) is 19.2 Å². The average Bonchev–Trinajstić information content (AvgIpc) is 3.26. The van der Waals surface area contributed by atoms with Gasteiger partial charge in [0.2, 0.25) is 11.8 Å². The molecule has 2 atom stereocenters. The highest BCUT2D eigenvalue weighted by Crippen LogP contribution is 2.45. The van der Waals surface area contributed by atoms with Crippen LogP contribution in [0.2, 0.25) is 0 Å². The molecule has 2 saturated heterocycles. The van der Waals surface area contributed by atoms with Gasteiger partial charge in [-0.05, 0) is 24.8 Å². The molecule has 0 unspecified atom stereocenters. The molecule has 1 saturated carbocycles. The zero-order valence-electron chi connectivity index (χ0n) is 14.3. The quantitative estimate of drug-likeness (QED) is 0.773. The molecule has 0 aromatic carbocycles. The van der Waals surface area contributed by atoms with Crippen LogP contribution in [0.4, 0.5) is 0 Å². The Morgan fingerprint density at radius 2 is 1.96 bits per heavy atom. The van der Waals surface area contributed by atoms with Crippen molar-refractivity contribution in [1.82, 2.24) is 14.4 Å². The largest absolute Gasteiger partial charge is 0.481 e. The number of nitrogens with zero attached hydrogens (tertiary/aromatic N) is 3. The summed E-state index contributed by atoms with van der Waals surface area (Å²) in [7, 11) is 0. The van der Waals surface area contributed by atoms with Gasteiger partial charge < -0.3 is 19.5 Å². The lowest BCUT2D eigenvalue weighted by molar-refractivity contribution is -0.150. The molecule has 138 valence electrons. The monoisotopic (exact) mass is 359 g/mol. The molecule has 8 nitrogen and oxygen atoms in total. The average molecular weight is 359 g/mol. The van der Waals surface area contributed by atoms with Crippen LogP contribution in [0.3, 0.4) is 0 Å². The SMILES string of the molecule is O=C(Cn1ccccc1=O)N1C[C@H]2C(=O)N(CC3CC3)C[C@@]2(C(=O)O)C1. The first-order valence-corrected chi connectivity index (χ1v) is 8.86. The normalized spacial score (nSPS) is 27.7. The molecule has 0 spiro atoms. The summed E-state index contributed by atoms with van der Waals surface area (Å²) in [5.41, 5.74) is -1.52. The molecule has 8 heteroatoms. The number of hydrogen-bond donors (Lipinski definition) is 1. The number of pyridine rings is 1. The third-order valence-electron chi connectivity index (χ3n) is 5.78. The first kappa shape index (κ1) is 16.8. The summed E-state index contributed by atoms with van der Waals surface area (Å²) < 4.78 is 1.28. The minimum atomic E-state index is -1.23. The highest BCUT2D eigenvalue weighted by atomic mass is 16.4. The molecular weight excluding hydrogens is 338 g/mol. The van der Waals surface area contributed by atoms with Gasteiger partial charge in [-0.1, -0.05) is 6.07 Å². The second-order valence-electron chi connectivity index (χ2n) is 7.62. The van der Waals surface area contributed by atoms with E-state index in [0.717, 1.165) is 12.8 Å². The fraction of sp³-hybridized carbons (Fsp3) is 0.556. The zero-order chi connectivity index (χ0) is 18.5. The van der Waals surface area contributed by atoms with Crippen molar-refractivity contribution in [2.24, 2.45) is 17.3 Å². The summed E-state index contributed by atoms with van der Waals surface area (Å²) in [5.74, 6) is -1.73. The number of likely N-dealkylation sites (tertiary alicyclic amines) is 2. The second-order valence-corrected chi connectivity index (χ2v) is 7.62. The molecule has 3 aliphatic rings. The standard InChI is InChI=1S/C18H21N3O5/c22-14-3-1-2-6-19(14)9-15(23)20-8-13-16(24)21(7-12-4-5-12)11-18(13,10-20)17(25)26/h1-3,6,12-13H,4-5,7-11H2,(H,25,26)/t13-,18-/m0/s1. The third kappa shape index (κ3) is 2.69. The highest BCUT2D eigenvalue weighted by Gasteiger charge is 2.63. The third-order valence-corrected chi connectivity index (χ3v) is 5.78. The number of fused-ring (bicyclic) bond motifs is 1. The Morgan fingerprint density at radius 3 is 2.58 bits per heavy atom. The minimum Gasteiger partial charge on any atom is -0.481 e. The van der Waals surface area contributed by atoms with E-state index < -0.39 is 17.3 Å². The van der Waals surface area contributed by atoms with Gasteiger partial charge in [-0.2, -0.15) is 0 Å². The topological polar surface area (TPSA) is 99.9 Å². The Kier molecular flexibility index (Phi) is 3.86. The summed E-state index contributed by atoms with van der Waals surface area (Å²) in [5, 5.41) is 9.82. The molecule has 1 aliphatic carbocycles. The van der Waals surface area contributed by atoms with Gasteiger partial charge in [-0.25, -0.2) is 0 Å². The molecule has 0 bridgehead atoms. The van der Waals surface area contributed by atoms with Crippen molar-refractivity contribution in [2.45, 2.75) is 19.4 Å². The van der Waals surface area contributed by atoms with Gasteiger partial charge in [-0.15, -0.1) is 0 Å². The predicted octanol–water partition coefficient (Wildman–Crippen LogP) is -0.370. The number of amides is 2. The predicted molar refractivity (Wildman–Crippen MR) is 90.1 cm³/mol. The lowest BCUT2D eigenvalue weighted by Crippen LogP contribution is -2.43. The van der Waals surface area contributed by atoms with E-state index in [1.54, 1.807) is 17.0 Å². The molecule has 1 aromatic rings. The summed E-state index contributed by atoms with van der Waals surface area (Å²) in [6.07, 6.45) is 3.70. The maximum absolute atomic E-state index is 12.7. The van der Waals surface area contributed by atoms with Crippen molar-refractivity contribution in [1.29, 1.82) is 0 Å².